The summed E-state index contributed by atoms with van der Waals surface area (Å²) in [6.07, 6.45) is 0. The van der Waals surface area contributed by atoms with Gasteiger partial charge in [-0.05, 0) is 82.9 Å². The second kappa shape index (κ2) is 11.2. The summed E-state index contributed by atoms with van der Waals surface area (Å²) in [5.74, 6) is 0.208. The Morgan fingerprint density at radius 1 is 0.422 bits per heavy atom. The highest BCUT2D eigenvalue weighted by atomic mass is 16.5. The van der Waals surface area contributed by atoms with Crippen LogP contribution in [0.2, 0.25) is 0 Å². The van der Waals surface area contributed by atoms with Crippen LogP contribution in [0.15, 0.2) is 146 Å². The number of ether oxygens (including phenoxy) is 2. The minimum absolute atomic E-state index is 0.174. The zero-order valence-corrected chi connectivity index (χ0v) is 23.9. The monoisotopic (exact) mass is 590 g/mol. The molecule has 0 unspecified atom stereocenters. The third-order valence-electron chi connectivity index (χ3n) is 8.19. The van der Waals surface area contributed by atoms with Crippen LogP contribution in [0.3, 0.4) is 0 Å². The number of hydrogen-bond acceptors (Lipinski definition) is 4. The first-order valence-electron chi connectivity index (χ1n) is 14.4. The first-order valence-corrected chi connectivity index (χ1v) is 14.4. The molecule has 6 nitrogen and oxygen atoms in total. The summed E-state index contributed by atoms with van der Waals surface area (Å²) in [5, 5.41) is 18.8. The largest absolute Gasteiger partial charge is 0.478 e. The van der Waals surface area contributed by atoms with E-state index in [9.17, 15) is 19.8 Å². The average Bonchev–Trinajstić information content (AvgIpc) is 3.37. The number of para-hydroxylation sites is 2. The molecule has 1 aliphatic carbocycles. The smallest absolute Gasteiger partial charge is 0.335 e. The van der Waals surface area contributed by atoms with Crippen LogP contribution in [0.5, 0.6) is 23.0 Å². The van der Waals surface area contributed by atoms with Crippen LogP contribution in [0.1, 0.15) is 43.0 Å². The number of carboxylic acids is 2. The number of benzene rings is 6. The molecule has 0 atom stereocenters. The van der Waals surface area contributed by atoms with Gasteiger partial charge in [0, 0.05) is 11.1 Å². The number of aromatic carboxylic acids is 2. The predicted octanol–water partition coefficient (Wildman–Crippen LogP) is 9.03. The van der Waals surface area contributed by atoms with E-state index in [4.69, 9.17) is 9.47 Å². The molecule has 0 spiro atoms. The standard InChI is InChI=1S/C39H26O6/c40-37(41)25-17-21-27(22-18-25)44-35-15-7-5-13-33(35)39(31-11-3-1-9-29(31)30-10-2-4-12-32(30)39)34-14-6-8-16-36(34)45-28-23-19-26(20-24-28)38(42)43/h1-24H,(H,40,41)(H,42,43). The molecule has 6 aromatic carbocycles. The predicted molar refractivity (Wildman–Crippen MR) is 171 cm³/mol. The summed E-state index contributed by atoms with van der Waals surface area (Å²) >= 11 is 0. The zero-order chi connectivity index (χ0) is 31.0. The molecule has 218 valence electrons. The fourth-order valence-electron chi connectivity index (χ4n) is 6.28. The molecule has 0 saturated heterocycles. The van der Waals surface area contributed by atoms with E-state index in [0.717, 1.165) is 33.4 Å². The molecule has 0 amide bonds. The van der Waals surface area contributed by atoms with Crippen LogP contribution >= 0.6 is 0 Å². The van der Waals surface area contributed by atoms with Crippen molar-refractivity contribution in [2.75, 3.05) is 0 Å². The molecule has 2 N–H and O–H groups in total. The first kappa shape index (κ1) is 27.7. The quantitative estimate of drug-likeness (QED) is 0.183. The summed E-state index contributed by atoms with van der Waals surface area (Å²) in [7, 11) is 0. The summed E-state index contributed by atoms with van der Waals surface area (Å²) in [4.78, 5) is 22.9. The van der Waals surface area contributed by atoms with E-state index < -0.39 is 17.4 Å². The Hall–Kier alpha value is -6.14. The number of carbonyl (C=O) groups is 2. The van der Waals surface area contributed by atoms with Crippen LogP contribution < -0.4 is 9.47 Å². The van der Waals surface area contributed by atoms with Gasteiger partial charge in [0.2, 0.25) is 0 Å². The van der Waals surface area contributed by atoms with Gasteiger partial charge in [0.1, 0.15) is 23.0 Å². The molecule has 6 aromatic rings. The fourth-order valence-corrected chi connectivity index (χ4v) is 6.28. The Kier molecular flexibility index (Phi) is 6.87. The van der Waals surface area contributed by atoms with Gasteiger partial charge in [-0.3, -0.25) is 0 Å². The van der Waals surface area contributed by atoms with E-state index in [1.165, 1.54) is 24.3 Å². The van der Waals surface area contributed by atoms with Crippen molar-refractivity contribution in [2.45, 2.75) is 5.41 Å². The van der Waals surface area contributed by atoms with Gasteiger partial charge >= 0.3 is 11.9 Å². The molecule has 0 heterocycles. The van der Waals surface area contributed by atoms with Gasteiger partial charge < -0.3 is 19.7 Å². The minimum Gasteiger partial charge on any atom is -0.478 e. The highest BCUT2D eigenvalue weighted by Gasteiger charge is 2.49. The second-order valence-electron chi connectivity index (χ2n) is 10.7. The fraction of sp³-hybridized carbons (Fsp3) is 0.0256. The molecule has 0 aromatic heterocycles. The molecular formula is C39H26O6. The van der Waals surface area contributed by atoms with Crippen LogP contribution in [0.4, 0.5) is 0 Å². The molecule has 45 heavy (non-hydrogen) atoms. The molecule has 6 heteroatoms. The van der Waals surface area contributed by atoms with Gasteiger partial charge in [0.15, 0.2) is 0 Å². The highest BCUT2D eigenvalue weighted by Crippen LogP contribution is 2.59. The van der Waals surface area contributed by atoms with Crippen molar-refractivity contribution in [3.05, 3.63) is 179 Å². The van der Waals surface area contributed by atoms with E-state index in [1.807, 2.05) is 60.7 Å². The molecule has 0 bridgehead atoms. The molecule has 7 rings (SSSR count). The van der Waals surface area contributed by atoms with Crippen LogP contribution in [-0.4, -0.2) is 22.2 Å². The van der Waals surface area contributed by atoms with Gasteiger partial charge in [-0.2, -0.15) is 0 Å². The lowest BCUT2D eigenvalue weighted by Crippen LogP contribution is -2.29. The zero-order valence-electron chi connectivity index (χ0n) is 23.9. The lowest BCUT2D eigenvalue weighted by atomic mass is 9.67. The Morgan fingerprint density at radius 2 is 0.756 bits per heavy atom. The third-order valence-corrected chi connectivity index (χ3v) is 8.19. The van der Waals surface area contributed by atoms with E-state index in [2.05, 4.69) is 36.4 Å². The first-order chi connectivity index (χ1) is 22.0. The van der Waals surface area contributed by atoms with Gasteiger partial charge in [0.25, 0.3) is 0 Å². The van der Waals surface area contributed by atoms with E-state index >= 15 is 0 Å². The molecule has 1 aliphatic rings. The molecule has 0 aliphatic heterocycles. The summed E-state index contributed by atoms with van der Waals surface area (Å²) in [5.41, 5.74) is 5.53. The Bertz CT molecular complexity index is 1910. The average molecular weight is 591 g/mol. The molecular weight excluding hydrogens is 564 g/mol. The van der Waals surface area contributed by atoms with Gasteiger partial charge in [0.05, 0.1) is 16.5 Å². The second-order valence-corrected chi connectivity index (χ2v) is 10.7. The van der Waals surface area contributed by atoms with Crippen LogP contribution in [-0.2, 0) is 5.41 Å². The SMILES string of the molecule is O=C(O)c1ccc(Oc2ccccc2C2(c3ccccc3Oc3ccc(C(=O)O)cc3)c3ccccc3-c3ccccc32)cc1. The lowest BCUT2D eigenvalue weighted by molar-refractivity contribution is 0.0686. The Balaban J connectivity index is 1.47. The van der Waals surface area contributed by atoms with Crippen molar-refractivity contribution in [3.8, 4) is 34.1 Å². The Morgan fingerprint density at radius 3 is 1.13 bits per heavy atom. The topological polar surface area (TPSA) is 93.1 Å². The van der Waals surface area contributed by atoms with Crippen molar-refractivity contribution in [1.29, 1.82) is 0 Å². The summed E-state index contributed by atoms with van der Waals surface area (Å²) < 4.78 is 13.1. The van der Waals surface area contributed by atoms with Crippen molar-refractivity contribution in [2.24, 2.45) is 0 Å². The van der Waals surface area contributed by atoms with Crippen molar-refractivity contribution in [3.63, 3.8) is 0 Å². The minimum atomic E-state index is -1.01. The third kappa shape index (κ3) is 4.69. The maximum Gasteiger partial charge on any atom is 0.335 e. The highest BCUT2D eigenvalue weighted by molar-refractivity contribution is 5.89. The maximum atomic E-state index is 11.5. The van der Waals surface area contributed by atoms with Gasteiger partial charge in [-0.15, -0.1) is 0 Å². The number of rotatable bonds is 8. The van der Waals surface area contributed by atoms with Crippen molar-refractivity contribution in [1.82, 2.24) is 0 Å². The van der Waals surface area contributed by atoms with Gasteiger partial charge in [-0.1, -0.05) is 84.9 Å². The van der Waals surface area contributed by atoms with Crippen molar-refractivity contribution < 1.29 is 29.3 Å². The number of hydrogen-bond donors (Lipinski definition) is 2. The normalized spacial score (nSPS) is 12.5. The summed E-state index contributed by atoms with van der Waals surface area (Å²) in [6.45, 7) is 0. The maximum absolute atomic E-state index is 11.5. The van der Waals surface area contributed by atoms with Gasteiger partial charge in [-0.25, -0.2) is 9.59 Å². The van der Waals surface area contributed by atoms with Crippen LogP contribution in [0.25, 0.3) is 11.1 Å². The van der Waals surface area contributed by atoms with Crippen molar-refractivity contribution >= 4 is 11.9 Å². The number of carboxylic acid groups (broad SMARTS) is 2. The molecule has 0 saturated carbocycles. The van der Waals surface area contributed by atoms with E-state index in [1.54, 1.807) is 24.3 Å². The Labute approximate surface area is 259 Å². The lowest BCUT2D eigenvalue weighted by Gasteiger charge is -2.36. The van der Waals surface area contributed by atoms with E-state index in [-0.39, 0.29) is 11.1 Å². The molecule has 0 radical (unpaired) electrons. The molecule has 0 fully saturated rings. The number of fused-ring (bicyclic) bond motifs is 3. The van der Waals surface area contributed by atoms with E-state index in [0.29, 0.717) is 23.0 Å². The summed E-state index contributed by atoms with van der Waals surface area (Å²) in [6, 6.07) is 45.1. The van der Waals surface area contributed by atoms with Crippen LogP contribution in [0, 0.1) is 0 Å².